The van der Waals surface area contributed by atoms with Crippen LogP contribution in [-0.2, 0) is 9.59 Å². The smallest absolute Gasteiger partial charge is 0.243 e. The Morgan fingerprint density at radius 2 is 2.00 bits per heavy atom. The molecule has 5 nitrogen and oxygen atoms in total. The van der Waals surface area contributed by atoms with E-state index in [2.05, 4.69) is 10.6 Å². The van der Waals surface area contributed by atoms with Crippen LogP contribution in [0.2, 0.25) is 0 Å². The van der Waals surface area contributed by atoms with Gasteiger partial charge in [-0.05, 0) is 45.7 Å². The molecule has 2 rings (SSSR count). The molecule has 1 aliphatic carbocycles. The van der Waals surface area contributed by atoms with E-state index in [9.17, 15) is 9.59 Å². The van der Waals surface area contributed by atoms with Gasteiger partial charge in [0.2, 0.25) is 11.8 Å². The van der Waals surface area contributed by atoms with Crippen molar-refractivity contribution >= 4 is 24.2 Å². The molecule has 1 aliphatic heterocycles. The number of rotatable bonds is 6. The largest absolute Gasteiger partial charge is 0.352 e. The molecule has 1 saturated carbocycles. The number of carbonyl (C=O) groups excluding carboxylic acids is 2. The molecule has 0 aromatic carbocycles. The van der Waals surface area contributed by atoms with E-state index in [1.807, 2.05) is 7.05 Å². The fourth-order valence-corrected chi connectivity index (χ4v) is 2.42. The number of amides is 2. The van der Waals surface area contributed by atoms with E-state index in [1.54, 1.807) is 4.90 Å². The van der Waals surface area contributed by atoms with E-state index in [0.717, 1.165) is 45.2 Å². The molecular weight excluding hydrogens is 266 g/mol. The van der Waals surface area contributed by atoms with Crippen LogP contribution in [0.15, 0.2) is 0 Å². The second kappa shape index (κ2) is 7.70. The number of hydrogen-bond acceptors (Lipinski definition) is 3. The van der Waals surface area contributed by atoms with Crippen molar-refractivity contribution in [1.29, 1.82) is 0 Å². The van der Waals surface area contributed by atoms with Gasteiger partial charge in [0.05, 0.1) is 0 Å². The van der Waals surface area contributed by atoms with Gasteiger partial charge in [0.1, 0.15) is 6.04 Å². The highest BCUT2D eigenvalue weighted by Crippen LogP contribution is 2.22. The number of nitrogens with one attached hydrogen (secondary N) is 2. The van der Waals surface area contributed by atoms with Crippen molar-refractivity contribution in [2.24, 2.45) is 0 Å². The topological polar surface area (TPSA) is 61.4 Å². The van der Waals surface area contributed by atoms with Crippen LogP contribution in [0, 0.1) is 0 Å². The molecule has 0 bridgehead atoms. The highest BCUT2D eigenvalue weighted by Gasteiger charge is 2.35. The number of halogens is 1. The van der Waals surface area contributed by atoms with Gasteiger partial charge >= 0.3 is 0 Å². The van der Waals surface area contributed by atoms with Gasteiger partial charge in [0.25, 0.3) is 0 Å². The third kappa shape index (κ3) is 4.66. The summed E-state index contributed by atoms with van der Waals surface area (Å²) in [5.74, 6) is 0.177. The molecule has 0 aromatic heterocycles. The van der Waals surface area contributed by atoms with Crippen molar-refractivity contribution in [3.05, 3.63) is 0 Å². The number of hydrogen-bond donors (Lipinski definition) is 2. The van der Waals surface area contributed by atoms with Crippen LogP contribution < -0.4 is 10.6 Å². The van der Waals surface area contributed by atoms with Crippen molar-refractivity contribution in [1.82, 2.24) is 15.5 Å². The van der Waals surface area contributed by atoms with Crippen molar-refractivity contribution < 1.29 is 9.59 Å². The SMILES string of the molecule is CNCCCC(=O)N1CCCC1C(=O)NC1CC1.Cl. The first-order valence-corrected chi connectivity index (χ1v) is 6.97. The van der Waals surface area contributed by atoms with Crippen molar-refractivity contribution in [2.45, 2.75) is 50.6 Å². The van der Waals surface area contributed by atoms with Crippen molar-refractivity contribution in [3.8, 4) is 0 Å². The van der Waals surface area contributed by atoms with Crippen molar-refractivity contribution in [2.75, 3.05) is 20.1 Å². The molecule has 0 radical (unpaired) electrons. The van der Waals surface area contributed by atoms with Crippen LogP contribution in [0.4, 0.5) is 0 Å². The molecule has 0 spiro atoms. The highest BCUT2D eigenvalue weighted by molar-refractivity contribution is 5.88. The third-order valence-corrected chi connectivity index (χ3v) is 3.62. The quantitative estimate of drug-likeness (QED) is 0.707. The molecule has 19 heavy (non-hydrogen) atoms. The molecule has 2 N–H and O–H groups in total. The van der Waals surface area contributed by atoms with E-state index >= 15 is 0 Å². The first-order chi connectivity index (χ1) is 8.72. The summed E-state index contributed by atoms with van der Waals surface area (Å²) in [7, 11) is 1.88. The average molecular weight is 290 g/mol. The standard InChI is InChI=1S/C13H23N3O2.ClH/c1-14-8-2-5-12(17)16-9-3-4-11(16)13(18)15-10-6-7-10;/h10-11,14H,2-9H2,1H3,(H,15,18);1H. The zero-order valence-electron chi connectivity index (χ0n) is 11.5. The van der Waals surface area contributed by atoms with Gasteiger partial charge in [-0.2, -0.15) is 0 Å². The Bertz CT molecular complexity index is 321. The van der Waals surface area contributed by atoms with E-state index in [4.69, 9.17) is 0 Å². The Balaban J connectivity index is 0.00000180. The zero-order chi connectivity index (χ0) is 13.0. The minimum Gasteiger partial charge on any atom is -0.352 e. The summed E-state index contributed by atoms with van der Waals surface area (Å²) >= 11 is 0. The Kier molecular flexibility index (Phi) is 6.58. The molecule has 1 atom stereocenters. The van der Waals surface area contributed by atoms with Crippen LogP contribution >= 0.6 is 12.4 Å². The maximum atomic E-state index is 12.1. The maximum Gasteiger partial charge on any atom is 0.243 e. The Hall–Kier alpha value is -0.810. The van der Waals surface area contributed by atoms with Gasteiger partial charge < -0.3 is 15.5 Å². The van der Waals surface area contributed by atoms with Gasteiger partial charge in [-0.25, -0.2) is 0 Å². The Morgan fingerprint density at radius 1 is 1.26 bits per heavy atom. The summed E-state index contributed by atoms with van der Waals surface area (Å²) < 4.78 is 0. The number of likely N-dealkylation sites (tertiary alicyclic amines) is 1. The summed E-state index contributed by atoms with van der Waals surface area (Å²) in [5, 5.41) is 6.03. The molecule has 1 heterocycles. The molecule has 1 saturated heterocycles. The van der Waals surface area contributed by atoms with E-state index < -0.39 is 0 Å². The molecule has 6 heteroatoms. The molecule has 2 fully saturated rings. The van der Waals surface area contributed by atoms with Gasteiger partial charge in [0, 0.05) is 19.0 Å². The molecule has 110 valence electrons. The number of carbonyl (C=O) groups is 2. The summed E-state index contributed by atoms with van der Waals surface area (Å²) in [6.45, 7) is 1.58. The first-order valence-electron chi connectivity index (χ1n) is 6.97. The Labute approximate surface area is 120 Å². The van der Waals surface area contributed by atoms with E-state index in [1.165, 1.54) is 0 Å². The lowest BCUT2D eigenvalue weighted by Crippen LogP contribution is -2.46. The number of nitrogens with zero attached hydrogens (tertiary/aromatic N) is 1. The zero-order valence-corrected chi connectivity index (χ0v) is 12.3. The average Bonchev–Trinajstić information content (AvgIpc) is 3.02. The molecule has 1 unspecified atom stereocenters. The van der Waals surface area contributed by atoms with Gasteiger partial charge in [-0.1, -0.05) is 0 Å². The summed E-state index contributed by atoms with van der Waals surface area (Å²) in [4.78, 5) is 25.8. The lowest BCUT2D eigenvalue weighted by molar-refractivity contribution is -0.138. The molecule has 2 amide bonds. The molecule has 2 aliphatic rings. The lowest BCUT2D eigenvalue weighted by atomic mass is 10.2. The van der Waals surface area contributed by atoms with Crippen LogP contribution in [0.25, 0.3) is 0 Å². The minimum atomic E-state index is -0.215. The van der Waals surface area contributed by atoms with Gasteiger partial charge in [0.15, 0.2) is 0 Å². The first kappa shape index (κ1) is 16.2. The molecular formula is C13H24ClN3O2. The summed E-state index contributed by atoms with van der Waals surface area (Å²) in [6, 6.07) is 0.159. The van der Waals surface area contributed by atoms with Crippen LogP contribution in [0.1, 0.15) is 38.5 Å². The second-order valence-corrected chi connectivity index (χ2v) is 5.24. The van der Waals surface area contributed by atoms with Gasteiger partial charge in [-0.3, -0.25) is 9.59 Å². The monoisotopic (exact) mass is 289 g/mol. The second-order valence-electron chi connectivity index (χ2n) is 5.24. The highest BCUT2D eigenvalue weighted by atomic mass is 35.5. The third-order valence-electron chi connectivity index (χ3n) is 3.62. The molecule has 0 aromatic rings. The van der Waals surface area contributed by atoms with Gasteiger partial charge in [-0.15, -0.1) is 12.4 Å². The van der Waals surface area contributed by atoms with Crippen LogP contribution in [0.3, 0.4) is 0 Å². The van der Waals surface area contributed by atoms with Crippen LogP contribution in [-0.4, -0.2) is 48.9 Å². The predicted octanol–water partition coefficient (Wildman–Crippen LogP) is 0.677. The summed E-state index contributed by atoms with van der Waals surface area (Å²) in [6.07, 6.45) is 5.32. The fraction of sp³-hybridized carbons (Fsp3) is 0.846. The fourth-order valence-electron chi connectivity index (χ4n) is 2.42. The van der Waals surface area contributed by atoms with E-state index in [0.29, 0.717) is 12.5 Å². The normalized spacial score (nSPS) is 21.9. The Morgan fingerprint density at radius 3 is 2.63 bits per heavy atom. The van der Waals surface area contributed by atoms with Crippen molar-refractivity contribution in [3.63, 3.8) is 0 Å². The maximum absolute atomic E-state index is 12.1. The summed E-state index contributed by atoms with van der Waals surface area (Å²) in [5.41, 5.74) is 0. The minimum absolute atomic E-state index is 0. The van der Waals surface area contributed by atoms with E-state index in [-0.39, 0.29) is 30.3 Å². The van der Waals surface area contributed by atoms with Crippen LogP contribution in [0.5, 0.6) is 0 Å². The lowest BCUT2D eigenvalue weighted by Gasteiger charge is -2.24. The predicted molar refractivity (Wildman–Crippen MR) is 76.3 cm³/mol.